The molecule has 0 aliphatic carbocycles. The molecule has 0 radical (unpaired) electrons. The lowest BCUT2D eigenvalue weighted by Crippen LogP contribution is -2.35. The van der Waals surface area contributed by atoms with E-state index in [1.807, 2.05) is 0 Å². The molecule has 1 aliphatic rings. The summed E-state index contributed by atoms with van der Waals surface area (Å²) in [5.74, 6) is -0.476. The molecule has 0 spiro atoms. The fraction of sp³-hybridized carbons (Fsp3) is 0.500. The summed E-state index contributed by atoms with van der Waals surface area (Å²) < 4.78 is 29.8. The quantitative estimate of drug-likeness (QED) is 0.725. The topological polar surface area (TPSA) is 105 Å². The van der Waals surface area contributed by atoms with Crippen LogP contribution in [0.15, 0.2) is 24.3 Å². The number of rotatable bonds is 7. The Morgan fingerprint density at radius 3 is 2.76 bits per heavy atom. The predicted molar refractivity (Wildman–Crippen MR) is 93.9 cm³/mol. The van der Waals surface area contributed by atoms with E-state index in [1.54, 1.807) is 31.3 Å². The van der Waals surface area contributed by atoms with Crippen LogP contribution in [-0.4, -0.2) is 64.2 Å². The molecule has 1 aromatic rings. The summed E-state index contributed by atoms with van der Waals surface area (Å²) in [7, 11) is -1.70. The maximum atomic E-state index is 12.4. The number of nitrogens with zero attached hydrogens (tertiary/aromatic N) is 1. The Hall–Kier alpha value is -1.97. The standard InChI is InChI=1S/C16H23N3O5S/c1-19(9-8-17-25(2,22)23)16(21)12-5-3-6-13(11-12)18-15(20)14-7-4-10-24-14/h3,5-6,11,14,17H,4,7-10H2,1-2H3,(H,18,20)/t14-/m0/s1. The van der Waals surface area contributed by atoms with E-state index in [1.165, 1.54) is 4.90 Å². The molecule has 0 aromatic heterocycles. The third-order valence-electron chi connectivity index (χ3n) is 3.76. The van der Waals surface area contributed by atoms with Crippen LogP contribution < -0.4 is 10.0 Å². The van der Waals surface area contributed by atoms with E-state index >= 15 is 0 Å². The number of benzene rings is 1. The molecule has 2 N–H and O–H groups in total. The third-order valence-corrected chi connectivity index (χ3v) is 4.49. The number of likely N-dealkylation sites (N-methyl/N-ethyl adjacent to an activating group) is 1. The first-order valence-electron chi connectivity index (χ1n) is 7.99. The van der Waals surface area contributed by atoms with Crippen LogP contribution in [0.3, 0.4) is 0 Å². The minimum atomic E-state index is -3.29. The Bertz CT molecular complexity index is 729. The van der Waals surface area contributed by atoms with Crippen LogP contribution in [0.1, 0.15) is 23.2 Å². The van der Waals surface area contributed by atoms with Crippen LogP contribution in [0.25, 0.3) is 0 Å². The lowest BCUT2D eigenvalue weighted by atomic mass is 10.1. The van der Waals surface area contributed by atoms with Gasteiger partial charge in [0, 0.05) is 38.0 Å². The molecule has 25 heavy (non-hydrogen) atoms. The number of anilines is 1. The average Bonchev–Trinajstić information content (AvgIpc) is 3.07. The molecule has 1 fully saturated rings. The maximum absolute atomic E-state index is 12.4. The van der Waals surface area contributed by atoms with Gasteiger partial charge in [0.25, 0.3) is 11.8 Å². The summed E-state index contributed by atoms with van der Waals surface area (Å²) in [6, 6.07) is 6.62. The molecule has 0 bridgehead atoms. The first kappa shape index (κ1) is 19.4. The van der Waals surface area contributed by atoms with Crippen molar-refractivity contribution in [1.29, 1.82) is 0 Å². The molecule has 2 rings (SSSR count). The largest absolute Gasteiger partial charge is 0.368 e. The van der Waals surface area contributed by atoms with E-state index in [2.05, 4.69) is 10.0 Å². The first-order valence-corrected chi connectivity index (χ1v) is 9.88. The minimum Gasteiger partial charge on any atom is -0.368 e. The molecule has 1 saturated heterocycles. The lowest BCUT2D eigenvalue weighted by molar-refractivity contribution is -0.124. The molecule has 1 heterocycles. The highest BCUT2D eigenvalue weighted by Gasteiger charge is 2.23. The van der Waals surface area contributed by atoms with Crippen molar-refractivity contribution < 1.29 is 22.7 Å². The summed E-state index contributed by atoms with van der Waals surface area (Å²) in [6.45, 7) is 0.956. The number of carbonyl (C=O) groups is 2. The SMILES string of the molecule is CN(CCNS(C)(=O)=O)C(=O)c1cccc(NC(=O)[C@@H]2CCCO2)c1. The Morgan fingerprint density at radius 1 is 1.36 bits per heavy atom. The van der Waals surface area contributed by atoms with Crippen LogP contribution in [0.5, 0.6) is 0 Å². The molecule has 1 aliphatic heterocycles. The van der Waals surface area contributed by atoms with Gasteiger partial charge in [-0.2, -0.15) is 0 Å². The monoisotopic (exact) mass is 369 g/mol. The highest BCUT2D eigenvalue weighted by molar-refractivity contribution is 7.88. The number of nitrogens with one attached hydrogen (secondary N) is 2. The zero-order valence-electron chi connectivity index (χ0n) is 14.3. The smallest absolute Gasteiger partial charge is 0.253 e. The van der Waals surface area contributed by atoms with Crippen molar-refractivity contribution in [2.75, 3.05) is 38.3 Å². The maximum Gasteiger partial charge on any atom is 0.253 e. The normalized spacial score (nSPS) is 17.3. The van der Waals surface area contributed by atoms with Crippen LogP contribution in [0.4, 0.5) is 5.69 Å². The number of hydrogen-bond donors (Lipinski definition) is 2. The zero-order chi connectivity index (χ0) is 18.4. The number of sulfonamides is 1. The molecule has 9 heteroatoms. The van der Waals surface area contributed by atoms with Crippen LogP contribution in [0, 0.1) is 0 Å². The molecule has 0 unspecified atom stereocenters. The van der Waals surface area contributed by atoms with E-state index in [0.717, 1.165) is 12.7 Å². The van der Waals surface area contributed by atoms with Gasteiger partial charge >= 0.3 is 0 Å². The van der Waals surface area contributed by atoms with Crippen molar-refractivity contribution >= 4 is 27.5 Å². The second-order valence-corrected chi connectivity index (χ2v) is 7.80. The molecular weight excluding hydrogens is 346 g/mol. The Balaban J connectivity index is 1.94. The van der Waals surface area contributed by atoms with Crippen molar-refractivity contribution in [3.63, 3.8) is 0 Å². The van der Waals surface area contributed by atoms with E-state index in [0.29, 0.717) is 24.3 Å². The van der Waals surface area contributed by atoms with Gasteiger partial charge in [-0.05, 0) is 31.0 Å². The predicted octanol–water partition coefficient (Wildman–Crippen LogP) is 0.425. The van der Waals surface area contributed by atoms with E-state index in [9.17, 15) is 18.0 Å². The zero-order valence-corrected chi connectivity index (χ0v) is 15.1. The fourth-order valence-corrected chi connectivity index (χ4v) is 2.92. The summed E-state index contributed by atoms with van der Waals surface area (Å²) in [5, 5.41) is 2.75. The molecule has 8 nitrogen and oxygen atoms in total. The van der Waals surface area contributed by atoms with E-state index < -0.39 is 16.1 Å². The number of carbonyl (C=O) groups excluding carboxylic acids is 2. The lowest BCUT2D eigenvalue weighted by Gasteiger charge is -2.18. The van der Waals surface area contributed by atoms with Gasteiger partial charge in [0.2, 0.25) is 10.0 Å². The van der Waals surface area contributed by atoms with Crippen molar-refractivity contribution in [2.45, 2.75) is 18.9 Å². The molecule has 138 valence electrons. The van der Waals surface area contributed by atoms with Crippen molar-refractivity contribution in [1.82, 2.24) is 9.62 Å². The molecule has 1 aromatic carbocycles. The van der Waals surface area contributed by atoms with Gasteiger partial charge in [-0.25, -0.2) is 13.1 Å². The van der Waals surface area contributed by atoms with Crippen LogP contribution in [0.2, 0.25) is 0 Å². The highest BCUT2D eigenvalue weighted by atomic mass is 32.2. The summed E-state index contributed by atoms with van der Waals surface area (Å²) in [5.41, 5.74) is 0.931. The number of hydrogen-bond acceptors (Lipinski definition) is 5. The highest BCUT2D eigenvalue weighted by Crippen LogP contribution is 2.17. The second kappa shape index (κ2) is 8.41. The fourth-order valence-electron chi connectivity index (χ4n) is 2.46. The van der Waals surface area contributed by atoms with Gasteiger partial charge in [0.1, 0.15) is 6.10 Å². The number of ether oxygens (including phenoxy) is 1. The average molecular weight is 369 g/mol. The molecule has 2 amide bonds. The van der Waals surface area contributed by atoms with Gasteiger partial charge in [0.15, 0.2) is 0 Å². The molecule has 1 atom stereocenters. The van der Waals surface area contributed by atoms with Gasteiger partial charge in [-0.1, -0.05) is 6.07 Å². The first-order chi connectivity index (χ1) is 11.8. The summed E-state index contributed by atoms with van der Waals surface area (Å²) in [4.78, 5) is 25.9. The van der Waals surface area contributed by atoms with E-state index in [4.69, 9.17) is 4.74 Å². The number of amides is 2. The minimum absolute atomic E-state index is 0.135. The Kier molecular flexibility index (Phi) is 6.51. The van der Waals surface area contributed by atoms with Crippen LogP contribution >= 0.6 is 0 Å². The van der Waals surface area contributed by atoms with Crippen molar-refractivity contribution in [2.24, 2.45) is 0 Å². The Morgan fingerprint density at radius 2 is 2.12 bits per heavy atom. The van der Waals surface area contributed by atoms with Gasteiger partial charge in [-0.3, -0.25) is 9.59 Å². The Labute approximate surface area is 147 Å². The van der Waals surface area contributed by atoms with Gasteiger partial charge in [0.05, 0.1) is 6.26 Å². The van der Waals surface area contributed by atoms with Crippen molar-refractivity contribution in [3.05, 3.63) is 29.8 Å². The summed E-state index contributed by atoms with van der Waals surface area (Å²) >= 11 is 0. The van der Waals surface area contributed by atoms with E-state index in [-0.39, 0.29) is 24.9 Å². The van der Waals surface area contributed by atoms with Crippen molar-refractivity contribution in [3.8, 4) is 0 Å². The van der Waals surface area contributed by atoms with Gasteiger partial charge in [-0.15, -0.1) is 0 Å². The third kappa shape index (κ3) is 6.11. The second-order valence-electron chi connectivity index (χ2n) is 5.96. The van der Waals surface area contributed by atoms with Crippen LogP contribution in [-0.2, 0) is 19.6 Å². The van der Waals surface area contributed by atoms with Gasteiger partial charge < -0.3 is 15.0 Å². The summed E-state index contributed by atoms with van der Waals surface area (Å²) in [6.07, 6.45) is 2.18. The molecular formula is C16H23N3O5S. The molecule has 0 saturated carbocycles.